The minimum Gasteiger partial charge on any atom is -0.484 e. The van der Waals surface area contributed by atoms with Crippen LogP contribution in [0.2, 0.25) is 0 Å². The number of carbonyl (C=O) groups is 3. The second-order valence-electron chi connectivity index (χ2n) is 9.56. The quantitative estimate of drug-likeness (QED) is 0.168. The summed E-state index contributed by atoms with van der Waals surface area (Å²) >= 11 is 2.55. The number of rotatable bonds is 12. The van der Waals surface area contributed by atoms with Crippen molar-refractivity contribution in [2.75, 3.05) is 24.3 Å². The van der Waals surface area contributed by atoms with Crippen molar-refractivity contribution in [1.82, 2.24) is 20.1 Å². The minimum absolute atomic E-state index is 0.0256. The fraction of sp³-hybridized carbons (Fsp3) is 0.300. The van der Waals surface area contributed by atoms with Gasteiger partial charge in [0.1, 0.15) is 16.6 Å². The molecule has 2 amide bonds. The van der Waals surface area contributed by atoms with Crippen molar-refractivity contribution in [3.05, 3.63) is 82.2 Å². The zero-order valence-corrected chi connectivity index (χ0v) is 25.1. The fourth-order valence-corrected chi connectivity index (χ4v) is 6.68. The molecule has 13 heteroatoms. The van der Waals surface area contributed by atoms with Crippen LogP contribution in [0.1, 0.15) is 46.4 Å². The molecule has 1 aliphatic carbocycles. The van der Waals surface area contributed by atoms with Crippen LogP contribution in [0.25, 0.3) is 5.69 Å². The number of thiophene rings is 1. The van der Waals surface area contributed by atoms with E-state index in [-0.39, 0.29) is 37.3 Å². The Hall–Kier alpha value is -4.23. The van der Waals surface area contributed by atoms with Gasteiger partial charge in [0, 0.05) is 10.6 Å². The van der Waals surface area contributed by atoms with Crippen LogP contribution in [0, 0.1) is 5.82 Å². The number of halogens is 1. The number of amides is 2. The number of aryl methyl sites for hydroxylation is 1. The van der Waals surface area contributed by atoms with Crippen molar-refractivity contribution in [3.8, 4) is 11.4 Å². The molecule has 2 heterocycles. The maximum absolute atomic E-state index is 13.7. The first-order valence-corrected chi connectivity index (χ1v) is 15.6. The normalized spacial score (nSPS) is 12.3. The number of ether oxygens (including phenoxy) is 2. The lowest BCUT2D eigenvalue weighted by molar-refractivity contribution is -0.123. The van der Waals surface area contributed by atoms with Gasteiger partial charge in [0.15, 0.2) is 17.6 Å². The predicted molar refractivity (Wildman–Crippen MR) is 161 cm³/mol. The van der Waals surface area contributed by atoms with E-state index in [0.717, 1.165) is 47.9 Å². The smallest absolute Gasteiger partial charge is 0.341 e. The highest BCUT2D eigenvalue weighted by atomic mass is 32.2. The van der Waals surface area contributed by atoms with Crippen LogP contribution in [0.5, 0.6) is 5.75 Å². The van der Waals surface area contributed by atoms with Crippen molar-refractivity contribution < 1.29 is 28.2 Å². The second kappa shape index (κ2) is 14.3. The van der Waals surface area contributed by atoms with Crippen LogP contribution in [-0.2, 0) is 33.7 Å². The van der Waals surface area contributed by atoms with Crippen LogP contribution >= 0.6 is 23.1 Å². The number of benzene rings is 2. The van der Waals surface area contributed by atoms with Gasteiger partial charge in [-0.2, -0.15) is 0 Å². The predicted octanol–water partition coefficient (Wildman–Crippen LogP) is 4.95. The Balaban J connectivity index is 1.27. The summed E-state index contributed by atoms with van der Waals surface area (Å²) in [6, 6.07) is 14.7. The average molecular weight is 624 g/mol. The monoisotopic (exact) mass is 623 g/mol. The molecular weight excluding hydrogens is 593 g/mol. The largest absolute Gasteiger partial charge is 0.484 e. The molecule has 0 aliphatic heterocycles. The van der Waals surface area contributed by atoms with E-state index in [1.54, 1.807) is 35.8 Å². The van der Waals surface area contributed by atoms with E-state index in [4.69, 9.17) is 9.47 Å². The molecule has 0 fully saturated rings. The summed E-state index contributed by atoms with van der Waals surface area (Å²) < 4.78 is 26.1. The van der Waals surface area contributed by atoms with Gasteiger partial charge in [0.2, 0.25) is 5.91 Å². The molecule has 10 nitrogen and oxygen atoms in total. The third kappa shape index (κ3) is 7.59. The van der Waals surface area contributed by atoms with Crippen LogP contribution in [0.15, 0.2) is 59.8 Å². The number of fused-ring (bicyclic) bond motifs is 1. The lowest BCUT2D eigenvalue weighted by Crippen LogP contribution is -2.29. The molecule has 0 radical (unpaired) electrons. The molecule has 0 atom stereocenters. The molecule has 0 bridgehead atoms. The molecule has 0 saturated heterocycles. The van der Waals surface area contributed by atoms with Gasteiger partial charge in [0.25, 0.3) is 5.91 Å². The van der Waals surface area contributed by atoms with Crippen molar-refractivity contribution in [1.29, 1.82) is 0 Å². The van der Waals surface area contributed by atoms with Gasteiger partial charge in [-0.25, -0.2) is 9.18 Å². The van der Waals surface area contributed by atoms with Gasteiger partial charge < -0.3 is 20.1 Å². The van der Waals surface area contributed by atoms with E-state index < -0.39 is 11.8 Å². The summed E-state index contributed by atoms with van der Waals surface area (Å²) in [5.41, 5.74) is 1.98. The zero-order valence-electron chi connectivity index (χ0n) is 23.4. The number of carbonyl (C=O) groups excluding carboxylic acids is 3. The number of para-hydroxylation sites is 1. The molecule has 224 valence electrons. The van der Waals surface area contributed by atoms with Gasteiger partial charge in [0.05, 0.1) is 24.5 Å². The Bertz CT molecular complexity index is 1590. The summed E-state index contributed by atoms with van der Waals surface area (Å²) in [6.07, 6.45) is 3.68. The molecule has 43 heavy (non-hydrogen) atoms. The Morgan fingerprint density at radius 3 is 2.56 bits per heavy atom. The first-order valence-electron chi connectivity index (χ1n) is 13.8. The van der Waals surface area contributed by atoms with Crippen molar-refractivity contribution in [2.24, 2.45) is 0 Å². The second-order valence-corrected chi connectivity index (χ2v) is 11.6. The van der Waals surface area contributed by atoms with Gasteiger partial charge in [-0.3, -0.25) is 14.2 Å². The number of hydrogen-bond donors (Lipinski definition) is 2. The van der Waals surface area contributed by atoms with E-state index in [2.05, 4.69) is 20.8 Å². The average Bonchev–Trinajstić information content (AvgIpc) is 3.59. The van der Waals surface area contributed by atoms with E-state index >= 15 is 0 Å². The third-order valence-electron chi connectivity index (χ3n) is 6.58. The molecule has 2 N–H and O–H groups in total. The van der Waals surface area contributed by atoms with Crippen molar-refractivity contribution in [3.63, 3.8) is 0 Å². The van der Waals surface area contributed by atoms with Crippen molar-refractivity contribution in [2.45, 2.75) is 44.3 Å². The first kappa shape index (κ1) is 30.2. The molecule has 0 spiro atoms. The molecule has 2 aromatic carbocycles. The van der Waals surface area contributed by atoms with Crippen LogP contribution in [-0.4, -0.2) is 51.5 Å². The molecule has 2 aromatic heterocycles. The highest BCUT2D eigenvalue weighted by Crippen LogP contribution is 2.38. The van der Waals surface area contributed by atoms with E-state index in [1.807, 2.05) is 18.2 Å². The van der Waals surface area contributed by atoms with Gasteiger partial charge in [-0.1, -0.05) is 30.0 Å². The number of anilines is 1. The van der Waals surface area contributed by atoms with E-state index in [0.29, 0.717) is 33.0 Å². The molecule has 4 aromatic rings. The SMILES string of the molecule is CCOC(=O)c1c(NC(=O)CSc2nnc(CNC(=O)COc3ccccc3)n2-c2ccc(F)cc2)sc2c1CCCC2. The molecule has 1 aliphatic rings. The van der Waals surface area contributed by atoms with Gasteiger partial charge in [-0.15, -0.1) is 21.5 Å². The summed E-state index contributed by atoms with van der Waals surface area (Å²) in [4.78, 5) is 39.4. The van der Waals surface area contributed by atoms with Crippen LogP contribution < -0.4 is 15.4 Å². The number of thioether (sulfide) groups is 1. The molecule has 0 saturated carbocycles. The number of hydrogen-bond acceptors (Lipinski definition) is 9. The lowest BCUT2D eigenvalue weighted by atomic mass is 9.95. The molecule has 0 unspecified atom stereocenters. The standard InChI is InChI=1S/C30H30FN5O5S2/c1-2-40-29(39)27-22-10-6-7-11-23(22)43-28(27)33-26(38)18-42-30-35-34-24(36(30)20-14-12-19(31)13-15-20)16-32-25(37)17-41-21-8-4-3-5-9-21/h3-5,8-9,12-15H,2,6-7,10-11,16-18H2,1H3,(H,32,37)(H,33,38). The van der Waals surface area contributed by atoms with Crippen molar-refractivity contribution >= 4 is 45.9 Å². The Kier molecular flexibility index (Phi) is 10.1. The highest BCUT2D eigenvalue weighted by molar-refractivity contribution is 7.99. The number of esters is 1. The first-order chi connectivity index (χ1) is 20.9. The minimum atomic E-state index is -0.429. The highest BCUT2D eigenvalue weighted by Gasteiger charge is 2.27. The molecular formula is C30H30FN5O5S2. The summed E-state index contributed by atoms with van der Waals surface area (Å²) in [6.45, 7) is 1.84. The Morgan fingerprint density at radius 1 is 1.02 bits per heavy atom. The maximum atomic E-state index is 13.7. The molecule has 5 rings (SSSR count). The van der Waals surface area contributed by atoms with Gasteiger partial charge >= 0.3 is 5.97 Å². The summed E-state index contributed by atoms with van der Waals surface area (Å²) in [5.74, 6) is -0.588. The number of nitrogens with zero attached hydrogens (tertiary/aromatic N) is 3. The number of aromatic nitrogens is 3. The van der Waals surface area contributed by atoms with Crippen LogP contribution in [0.4, 0.5) is 9.39 Å². The summed E-state index contributed by atoms with van der Waals surface area (Å²) in [5, 5.41) is 15.0. The van der Waals surface area contributed by atoms with Crippen LogP contribution in [0.3, 0.4) is 0 Å². The Labute approximate surface area is 256 Å². The van der Waals surface area contributed by atoms with E-state index in [9.17, 15) is 18.8 Å². The summed E-state index contributed by atoms with van der Waals surface area (Å²) in [7, 11) is 0. The Morgan fingerprint density at radius 2 is 1.79 bits per heavy atom. The topological polar surface area (TPSA) is 124 Å². The fourth-order valence-electron chi connectivity index (χ4n) is 4.62. The zero-order chi connectivity index (χ0) is 30.2. The third-order valence-corrected chi connectivity index (χ3v) is 8.71. The number of nitrogens with one attached hydrogen (secondary N) is 2. The van der Waals surface area contributed by atoms with Gasteiger partial charge in [-0.05, 0) is 74.6 Å². The lowest BCUT2D eigenvalue weighted by Gasteiger charge is -2.12. The maximum Gasteiger partial charge on any atom is 0.341 e. The van der Waals surface area contributed by atoms with E-state index in [1.165, 1.54) is 23.5 Å².